The summed E-state index contributed by atoms with van der Waals surface area (Å²) in [5.74, 6) is 0.886. The van der Waals surface area contributed by atoms with Crippen molar-refractivity contribution in [3.05, 3.63) is 18.2 Å². The minimum atomic E-state index is 0.537. The lowest BCUT2D eigenvalue weighted by Gasteiger charge is -2.10. The van der Waals surface area contributed by atoms with Crippen molar-refractivity contribution in [2.45, 2.75) is 52.2 Å². The summed E-state index contributed by atoms with van der Waals surface area (Å²) in [6.45, 7) is 7.55. The molecule has 1 fully saturated rings. The first kappa shape index (κ1) is 10.7. The summed E-state index contributed by atoms with van der Waals surface area (Å²) < 4.78 is 2.35. The summed E-state index contributed by atoms with van der Waals surface area (Å²) in [5, 5.41) is 3.44. The van der Waals surface area contributed by atoms with Gasteiger partial charge in [0.25, 0.3) is 0 Å². The Labute approximate surface area is 91.9 Å². The third-order valence-electron chi connectivity index (χ3n) is 3.20. The minimum absolute atomic E-state index is 0.537. The zero-order valence-corrected chi connectivity index (χ0v) is 9.90. The van der Waals surface area contributed by atoms with Gasteiger partial charge < -0.3 is 9.88 Å². The van der Waals surface area contributed by atoms with Gasteiger partial charge in [-0.2, -0.15) is 0 Å². The van der Waals surface area contributed by atoms with Crippen LogP contribution in [0.2, 0.25) is 0 Å². The van der Waals surface area contributed by atoms with Crippen molar-refractivity contribution < 1.29 is 0 Å². The highest BCUT2D eigenvalue weighted by atomic mass is 15.1. The molecule has 2 unspecified atom stereocenters. The highest BCUT2D eigenvalue weighted by molar-refractivity contribution is 5.05. The fraction of sp³-hybridized carbons (Fsp3) is 0.750. The van der Waals surface area contributed by atoms with Crippen LogP contribution in [0.15, 0.2) is 12.5 Å². The van der Waals surface area contributed by atoms with E-state index in [1.165, 1.54) is 18.5 Å². The van der Waals surface area contributed by atoms with Crippen LogP contribution in [0, 0.1) is 5.92 Å². The van der Waals surface area contributed by atoms with E-state index < -0.39 is 0 Å². The molecule has 0 saturated heterocycles. The van der Waals surface area contributed by atoms with Crippen molar-refractivity contribution in [2.24, 2.45) is 5.92 Å². The number of imidazole rings is 1. The standard InChI is InChI=1S/C12H21N3/c1-4-10-5-12(10)15-8-13-6-11(15)7-14-9(2)3/h6,8-10,12,14H,4-5,7H2,1-3H3. The number of aromatic nitrogens is 2. The number of hydrogen-bond donors (Lipinski definition) is 1. The van der Waals surface area contributed by atoms with Gasteiger partial charge >= 0.3 is 0 Å². The summed E-state index contributed by atoms with van der Waals surface area (Å²) >= 11 is 0. The molecule has 1 heterocycles. The van der Waals surface area contributed by atoms with Crippen molar-refractivity contribution in [1.82, 2.24) is 14.9 Å². The monoisotopic (exact) mass is 207 g/mol. The Balaban J connectivity index is 1.97. The van der Waals surface area contributed by atoms with Gasteiger partial charge in [-0.15, -0.1) is 0 Å². The van der Waals surface area contributed by atoms with E-state index in [-0.39, 0.29) is 0 Å². The van der Waals surface area contributed by atoms with Gasteiger partial charge in [-0.25, -0.2) is 4.98 Å². The van der Waals surface area contributed by atoms with Crippen molar-refractivity contribution >= 4 is 0 Å². The van der Waals surface area contributed by atoms with Gasteiger partial charge in [-0.05, 0) is 12.3 Å². The first-order valence-corrected chi connectivity index (χ1v) is 5.96. The van der Waals surface area contributed by atoms with Crippen molar-refractivity contribution in [1.29, 1.82) is 0 Å². The SMILES string of the molecule is CCC1CC1n1cncc1CNC(C)C. The van der Waals surface area contributed by atoms with Crippen LogP contribution in [0.5, 0.6) is 0 Å². The molecule has 3 nitrogen and oxygen atoms in total. The first-order chi connectivity index (χ1) is 7.22. The predicted octanol–water partition coefficient (Wildman–Crippen LogP) is 2.35. The molecule has 1 saturated carbocycles. The lowest BCUT2D eigenvalue weighted by Crippen LogP contribution is -2.23. The lowest BCUT2D eigenvalue weighted by atomic mass is 10.3. The van der Waals surface area contributed by atoms with E-state index in [9.17, 15) is 0 Å². The van der Waals surface area contributed by atoms with Crippen LogP contribution < -0.4 is 5.32 Å². The van der Waals surface area contributed by atoms with E-state index in [1.54, 1.807) is 0 Å². The Morgan fingerprint density at radius 2 is 2.40 bits per heavy atom. The molecule has 0 aliphatic heterocycles. The molecule has 0 bridgehead atoms. The third-order valence-corrected chi connectivity index (χ3v) is 3.20. The van der Waals surface area contributed by atoms with E-state index in [0.29, 0.717) is 6.04 Å². The summed E-state index contributed by atoms with van der Waals surface area (Å²) in [4.78, 5) is 4.25. The van der Waals surface area contributed by atoms with Gasteiger partial charge in [0.1, 0.15) is 0 Å². The second-order valence-electron chi connectivity index (χ2n) is 4.80. The number of rotatable bonds is 5. The maximum Gasteiger partial charge on any atom is 0.0951 e. The number of nitrogens with zero attached hydrogens (tertiary/aromatic N) is 2. The van der Waals surface area contributed by atoms with Crippen LogP contribution in [0.1, 0.15) is 45.3 Å². The summed E-state index contributed by atoms with van der Waals surface area (Å²) in [5.41, 5.74) is 1.32. The van der Waals surface area contributed by atoms with E-state index in [0.717, 1.165) is 18.5 Å². The van der Waals surface area contributed by atoms with Crippen LogP contribution in [-0.2, 0) is 6.54 Å². The molecule has 3 heteroatoms. The highest BCUT2D eigenvalue weighted by Gasteiger charge is 2.37. The van der Waals surface area contributed by atoms with E-state index in [1.807, 2.05) is 12.5 Å². The van der Waals surface area contributed by atoms with Gasteiger partial charge in [0.05, 0.1) is 12.0 Å². The third kappa shape index (κ3) is 2.40. The molecule has 15 heavy (non-hydrogen) atoms. The minimum Gasteiger partial charge on any atom is -0.330 e. The zero-order valence-electron chi connectivity index (χ0n) is 9.90. The first-order valence-electron chi connectivity index (χ1n) is 5.96. The average Bonchev–Trinajstić information content (AvgIpc) is 2.85. The molecule has 1 aliphatic rings. The fourth-order valence-electron chi connectivity index (χ4n) is 2.09. The molecule has 2 rings (SSSR count). The molecule has 0 radical (unpaired) electrons. The molecule has 0 spiro atoms. The molecular weight excluding hydrogens is 186 g/mol. The second kappa shape index (κ2) is 4.35. The molecule has 84 valence electrons. The molecule has 0 aromatic carbocycles. The quantitative estimate of drug-likeness (QED) is 0.803. The normalized spacial score (nSPS) is 24.8. The Morgan fingerprint density at radius 3 is 3.00 bits per heavy atom. The second-order valence-corrected chi connectivity index (χ2v) is 4.80. The summed E-state index contributed by atoms with van der Waals surface area (Å²) in [6.07, 6.45) is 6.60. The van der Waals surface area contributed by atoms with Crippen molar-refractivity contribution in [3.63, 3.8) is 0 Å². The number of hydrogen-bond acceptors (Lipinski definition) is 2. The maximum absolute atomic E-state index is 4.25. The Morgan fingerprint density at radius 1 is 1.60 bits per heavy atom. The van der Waals surface area contributed by atoms with Crippen LogP contribution in [0.25, 0.3) is 0 Å². The van der Waals surface area contributed by atoms with Crippen LogP contribution in [0.4, 0.5) is 0 Å². The molecule has 1 N–H and O–H groups in total. The van der Waals surface area contributed by atoms with Crippen LogP contribution in [-0.4, -0.2) is 15.6 Å². The molecule has 1 aliphatic carbocycles. The summed E-state index contributed by atoms with van der Waals surface area (Å²) in [6, 6.07) is 1.26. The predicted molar refractivity (Wildman–Crippen MR) is 61.6 cm³/mol. The average molecular weight is 207 g/mol. The van der Waals surface area contributed by atoms with Crippen molar-refractivity contribution in [2.75, 3.05) is 0 Å². The maximum atomic E-state index is 4.25. The Kier molecular flexibility index (Phi) is 3.10. The topological polar surface area (TPSA) is 29.9 Å². The van der Waals surface area contributed by atoms with Crippen molar-refractivity contribution in [3.8, 4) is 0 Å². The van der Waals surface area contributed by atoms with E-state index in [2.05, 4.69) is 35.6 Å². The van der Waals surface area contributed by atoms with Crippen LogP contribution in [0.3, 0.4) is 0 Å². The van der Waals surface area contributed by atoms with E-state index >= 15 is 0 Å². The van der Waals surface area contributed by atoms with E-state index in [4.69, 9.17) is 0 Å². The number of nitrogens with one attached hydrogen (secondary N) is 1. The lowest BCUT2D eigenvalue weighted by molar-refractivity contribution is 0.546. The van der Waals surface area contributed by atoms with Gasteiger partial charge in [0, 0.05) is 24.8 Å². The molecule has 1 aromatic rings. The Hall–Kier alpha value is -0.830. The van der Waals surface area contributed by atoms with Gasteiger partial charge in [-0.1, -0.05) is 27.2 Å². The smallest absolute Gasteiger partial charge is 0.0951 e. The zero-order chi connectivity index (χ0) is 10.8. The fourth-order valence-corrected chi connectivity index (χ4v) is 2.09. The molecule has 0 amide bonds. The summed E-state index contributed by atoms with van der Waals surface area (Å²) in [7, 11) is 0. The Bertz CT molecular complexity index is 316. The molecule has 2 atom stereocenters. The van der Waals surface area contributed by atoms with Gasteiger partial charge in [0.2, 0.25) is 0 Å². The largest absolute Gasteiger partial charge is 0.330 e. The molecular formula is C12H21N3. The highest BCUT2D eigenvalue weighted by Crippen LogP contribution is 2.45. The van der Waals surface area contributed by atoms with Gasteiger partial charge in [-0.3, -0.25) is 0 Å². The molecule has 1 aromatic heterocycles. The van der Waals surface area contributed by atoms with Crippen LogP contribution >= 0.6 is 0 Å². The van der Waals surface area contributed by atoms with Gasteiger partial charge in [0.15, 0.2) is 0 Å².